The molecule has 0 amide bonds. The van der Waals surface area contributed by atoms with E-state index in [0.717, 1.165) is 26.1 Å². The van der Waals surface area contributed by atoms with Crippen molar-refractivity contribution in [2.45, 2.75) is 27.2 Å². The number of hydrogen-bond acceptors (Lipinski definition) is 6. The van der Waals surface area contributed by atoms with Crippen molar-refractivity contribution in [1.82, 2.24) is 15.0 Å². The Morgan fingerprint density at radius 3 is 2.65 bits per heavy atom. The van der Waals surface area contributed by atoms with E-state index in [1.54, 1.807) is 7.11 Å². The number of methoxy groups -OCH3 is 1. The molecule has 0 aromatic carbocycles. The largest absolute Gasteiger partial charge is 0.383 e. The van der Waals surface area contributed by atoms with Crippen molar-refractivity contribution >= 4 is 23.5 Å². The molecule has 0 saturated carbocycles. The fraction of sp³-hybridized carbons (Fsp3) is 0.769. The highest BCUT2D eigenvalue weighted by atomic mass is 35.5. The van der Waals surface area contributed by atoms with E-state index in [1.807, 2.05) is 0 Å². The zero-order valence-corrected chi connectivity index (χ0v) is 13.4. The molecule has 7 heteroatoms. The number of halogens is 1. The molecule has 0 aliphatic heterocycles. The molecule has 1 aromatic heterocycles. The zero-order chi connectivity index (χ0) is 15.0. The summed E-state index contributed by atoms with van der Waals surface area (Å²) in [7, 11) is 1.68. The summed E-state index contributed by atoms with van der Waals surface area (Å²) in [6, 6.07) is 0. The maximum atomic E-state index is 5.98. The summed E-state index contributed by atoms with van der Waals surface area (Å²) in [6.07, 6.45) is 0.998. The van der Waals surface area contributed by atoms with Gasteiger partial charge >= 0.3 is 0 Å². The lowest BCUT2D eigenvalue weighted by atomic mass is 10.2. The molecule has 0 radical (unpaired) electrons. The normalized spacial score (nSPS) is 10.9. The molecule has 0 aliphatic rings. The Morgan fingerprint density at radius 1 is 1.30 bits per heavy atom. The minimum atomic E-state index is 0.208. The van der Waals surface area contributed by atoms with E-state index in [2.05, 4.69) is 45.9 Å². The van der Waals surface area contributed by atoms with Crippen LogP contribution < -0.4 is 10.2 Å². The average molecular weight is 302 g/mol. The van der Waals surface area contributed by atoms with Gasteiger partial charge < -0.3 is 15.0 Å². The fourth-order valence-corrected chi connectivity index (χ4v) is 1.87. The summed E-state index contributed by atoms with van der Waals surface area (Å²) in [5.74, 6) is 1.61. The van der Waals surface area contributed by atoms with E-state index in [0.29, 0.717) is 24.4 Å². The molecule has 0 spiro atoms. The number of aromatic nitrogens is 3. The molecule has 1 aromatic rings. The first kappa shape index (κ1) is 16.9. The summed E-state index contributed by atoms with van der Waals surface area (Å²) in [5.41, 5.74) is 0. The third-order valence-electron chi connectivity index (χ3n) is 2.56. The quantitative estimate of drug-likeness (QED) is 0.756. The van der Waals surface area contributed by atoms with Crippen molar-refractivity contribution in [3.8, 4) is 0 Å². The van der Waals surface area contributed by atoms with Gasteiger partial charge in [0, 0.05) is 26.7 Å². The van der Waals surface area contributed by atoms with E-state index >= 15 is 0 Å². The summed E-state index contributed by atoms with van der Waals surface area (Å²) >= 11 is 5.98. The van der Waals surface area contributed by atoms with E-state index in [-0.39, 0.29) is 5.28 Å². The van der Waals surface area contributed by atoms with Crippen molar-refractivity contribution in [2.75, 3.05) is 43.6 Å². The molecular formula is C13H24ClN5O. The molecule has 1 N–H and O–H groups in total. The monoisotopic (exact) mass is 301 g/mol. The van der Waals surface area contributed by atoms with Gasteiger partial charge in [-0.2, -0.15) is 15.0 Å². The molecule has 0 unspecified atom stereocenters. The van der Waals surface area contributed by atoms with Gasteiger partial charge in [-0.05, 0) is 23.9 Å². The first-order chi connectivity index (χ1) is 9.56. The van der Waals surface area contributed by atoms with Gasteiger partial charge in [0.1, 0.15) is 0 Å². The molecule has 1 rings (SSSR count). The lowest BCUT2D eigenvalue weighted by molar-refractivity contribution is 0.204. The summed E-state index contributed by atoms with van der Waals surface area (Å²) in [4.78, 5) is 14.8. The standard InChI is InChI=1S/C13H24ClN5O/c1-5-6-15-12-16-11(14)17-13(18-12)19(7-8-20-4)9-10(2)3/h10H,5-9H2,1-4H3,(H,15,16,17,18). The number of nitrogens with zero attached hydrogens (tertiary/aromatic N) is 4. The van der Waals surface area contributed by atoms with Gasteiger partial charge in [0.25, 0.3) is 0 Å². The third-order valence-corrected chi connectivity index (χ3v) is 2.73. The van der Waals surface area contributed by atoms with Crippen LogP contribution in [-0.2, 0) is 4.74 Å². The van der Waals surface area contributed by atoms with Crippen LogP contribution in [0.2, 0.25) is 5.28 Å². The van der Waals surface area contributed by atoms with Crippen LogP contribution in [0, 0.1) is 5.92 Å². The van der Waals surface area contributed by atoms with Crippen LogP contribution in [0.1, 0.15) is 27.2 Å². The Bertz CT molecular complexity index is 402. The summed E-state index contributed by atoms with van der Waals surface area (Å²) in [6.45, 7) is 9.38. The second kappa shape index (κ2) is 8.92. The van der Waals surface area contributed by atoms with Crippen LogP contribution in [-0.4, -0.2) is 48.3 Å². The zero-order valence-electron chi connectivity index (χ0n) is 12.7. The van der Waals surface area contributed by atoms with Crippen molar-refractivity contribution in [3.05, 3.63) is 5.28 Å². The second-order valence-electron chi connectivity index (χ2n) is 4.99. The smallest absolute Gasteiger partial charge is 0.231 e. The summed E-state index contributed by atoms with van der Waals surface area (Å²) < 4.78 is 5.14. The van der Waals surface area contributed by atoms with Gasteiger partial charge in [-0.3, -0.25) is 0 Å². The van der Waals surface area contributed by atoms with E-state index in [1.165, 1.54) is 0 Å². The minimum Gasteiger partial charge on any atom is -0.383 e. The van der Waals surface area contributed by atoms with Gasteiger partial charge in [0.2, 0.25) is 17.2 Å². The molecule has 0 bridgehead atoms. The van der Waals surface area contributed by atoms with Gasteiger partial charge in [0.05, 0.1) is 6.61 Å². The van der Waals surface area contributed by atoms with Crippen molar-refractivity contribution in [2.24, 2.45) is 5.92 Å². The number of anilines is 2. The topological polar surface area (TPSA) is 63.2 Å². The number of nitrogens with one attached hydrogen (secondary N) is 1. The Kier molecular flexibility index (Phi) is 7.54. The Hall–Kier alpha value is -1.14. The molecule has 20 heavy (non-hydrogen) atoms. The molecule has 1 heterocycles. The highest BCUT2D eigenvalue weighted by molar-refractivity contribution is 6.28. The van der Waals surface area contributed by atoms with Crippen molar-refractivity contribution in [3.63, 3.8) is 0 Å². The van der Waals surface area contributed by atoms with Crippen LogP contribution in [0.3, 0.4) is 0 Å². The molecule has 6 nitrogen and oxygen atoms in total. The molecule has 114 valence electrons. The molecule has 0 aliphatic carbocycles. The van der Waals surface area contributed by atoms with Crippen molar-refractivity contribution < 1.29 is 4.74 Å². The number of rotatable bonds is 9. The minimum absolute atomic E-state index is 0.208. The third kappa shape index (κ3) is 5.88. The molecule has 0 saturated heterocycles. The van der Waals surface area contributed by atoms with Crippen LogP contribution in [0.5, 0.6) is 0 Å². The SMILES string of the molecule is CCCNc1nc(Cl)nc(N(CCOC)CC(C)C)n1. The number of ether oxygens (including phenoxy) is 1. The van der Waals surface area contributed by atoms with Crippen LogP contribution >= 0.6 is 11.6 Å². The van der Waals surface area contributed by atoms with Crippen LogP contribution in [0.15, 0.2) is 0 Å². The predicted octanol–water partition coefficient (Wildman–Crippen LogP) is 2.46. The van der Waals surface area contributed by atoms with Crippen LogP contribution in [0.25, 0.3) is 0 Å². The summed E-state index contributed by atoms with van der Waals surface area (Å²) in [5, 5.41) is 3.34. The van der Waals surface area contributed by atoms with Gasteiger partial charge in [-0.15, -0.1) is 0 Å². The Morgan fingerprint density at radius 2 is 2.05 bits per heavy atom. The number of hydrogen-bond donors (Lipinski definition) is 1. The fourth-order valence-electron chi connectivity index (χ4n) is 1.71. The Balaban J connectivity index is 2.89. The van der Waals surface area contributed by atoms with Gasteiger partial charge in [-0.1, -0.05) is 20.8 Å². The molecule has 0 atom stereocenters. The van der Waals surface area contributed by atoms with Crippen molar-refractivity contribution in [1.29, 1.82) is 0 Å². The maximum absolute atomic E-state index is 5.98. The first-order valence-corrected chi connectivity index (χ1v) is 7.34. The first-order valence-electron chi connectivity index (χ1n) is 6.96. The second-order valence-corrected chi connectivity index (χ2v) is 5.33. The van der Waals surface area contributed by atoms with E-state index in [9.17, 15) is 0 Å². The van der Waals surface area contributed by atoms with Crippen LogP contribution in [0.4, 0.5) is 11.9 Å². The average Bonchev–Trinajstić information content (AvgIpc) is 2.40. The van der Waals surface area contributed by atoms with E-state index < -0.39 is 0 Å². The predicted molar refractivity (Wildman–Crippen MR) is 82.5 cm³/mol. The van der Waals surface area contributed by atoms with Gasteiger partial charge in [0.15, 0.2) is 0 Å². The Labute approximate surface area is 125 Å². The van der Waals surface area contributed by atoms with E-state index in [4.69, 9.17) is 16.3 Å². The lowest BCUT2D eigenvalue weighted by Gasteiger charge is -2.24. The molecule has 0 fully saturated rings. The lowest BCUT2D eigenvalue weighted by Crippen LogP contribution is -2.32. The van der Waals surface area contributed by atoms with Gasteiger partial charge in [-0.25, -0.2) is 0 Å². The molecular weight excluding hydrogens is 278 g/mol. The highest BCUT2D eigenvalue weighted by Crippen LogP contribution is 2.15. The maximum Gasteiger partial charge on any atom is 0.231 e. The highest BCUT2D eigenvalue weighted by Gasteiger charge is 2.14.